The molecular formula is C11H8ClN3O3. The molecule has 0 atom stereocenters. The van der Waals surface area contributed by atoms with Crippen LogP contribution in [0, 0.1) is 10.1 Å². The molecule has 1 heterocycles. The second kappa shape index (κ2) is 4.89. The lowest BCUT2D eigenvalue weighted by molar-refractivity contribution is -0.386. The van der Waals surface area contributed by atoms with Gasteiger partial charge in [-0.05, 0) is 24.3 Å². The van der Waals surface area contributed by atoms with E-state index in [0.29, 0.717) is 10.8 Å². The van der Waals surface area contributed by atoms with Gasteiger partial charge in [0.25, 0.3) is 0 Å². The predicted octanol–water partition coefficient (Wildman–Crippen LogP) is 3.02. The number of hydrogen-bond donors (Lipinski definition) is 1. The topological polar surface area (TPSA) is 91.3 Å². The fraction of sp³-hybridized carbons (Fsp3) is 0. The summed E-state index contributed by atoms with van der Waals surface area (Å²) in [6, 6.07) is 9.03. The van der Waals surface area contributed by atoms with Gasteiger partial charge in [-0.2, -0.15) is 4.98 Å². The predicted molar refractivity (Wildman–Crippen MR) is 66.8 cm³/mol. The van der Waals surface area contributed by atoms with Crippen molar-refractivity contribution in [2.75, 3.05) is 5.73 Å². The molecule has 0 unspecified atom stereocenters. The van der Waals surface area contributed by atoms with Crippen LogP contribution in [0.1, 0.15) is 0 Å². The maximum Gasteiger partial charge on any atom is 0.331 e. The number of halogens is 1. The van der Waals surface area contributed by atoms with Gasteiger partial charge in [0.1, 0.15) is 11.6 Å². The van der Waals surface area contributed by atoms with Crippen LogP contribution in [0.3, 0.4) is 0 Å². The zero-order valence-electron chi connectivity index (χ0n) is 9.04. The fourth-order valence-electron chi connectivity index (χ4n) is 1.30. The first-order valence-electron chi connectivity index (χ1n) is 4.90. The highest BCUT2D eigenvalue weighted by Gasteiger charge is 2.17. The van der Waals surface area contributed by atoms with Crippen LogP contribution in [0.25, 0.3) is 0 Å². The number of anilines is 1. The summed E-state index contributed by atoms with van der Waals surface area (Å²) >= 11 is 5.79. The van der Waals surface area contributed by atoms with Gasteiger partial charge >= 0.3 is 11.6 Å². The summed E-state index contributed by atoms with van der Waals surface area (Å²) in [5.41, 5.74) is 5.21. The van der Waals surface area contributed by atoms with Gasteiger partial charge in [0.15, 0.2) is 0 Å². The van der Waals surface area contributed by atoms with Crippen molar-refractivity contribution >= 4 is 23.1 Å². The van der Waals surface area contributed by atoms with Crippen LogP contribution >= 0.6 is 11.6 Å². The molecule has 18 heavy (non-hydrogen) atoms. The van der Waals surface area contributed by atoms with Crippen LogP contribution in [-0.2, 0) is 0 Å². The minimum absolute atomic E-state index is 0.137. The first-order valence-corrected chi connectivity index (χ1v) is 5.28. The largest absolute Gasteiger partial charge is 0.434 e. The quantitative estimate of drug-likeness (QED) is 0.680. The van der Waals surface area contributed by atoms with E-state index in [4.69, 9.17) is 22.1 Å². The van der Waals surface area contributed by atoms with Gasteiger partial charge in [0.2, 0.25) is 0 Å². The summed E-state index contributed by atoms with van der Waals surface area (Å²) in [4.78, 5) is 14.0. The smallest absolute Gasteiger partial charge is 0.331 e. The Morgan fingerprint density at radius 1 is 1.33 bits per heavy atom. The number of nitro groups is 1. The Balaban J connectivity index is 2.39. The summed E-state index contributed by atoms with van der Waals surface area (Å²) in [5, 5.41) is 11.3. The summed E-state index contributed by atoms with van der Waals surface area (Å²) in [5.74, 6) is 0.323. The molecule has 0 radical (unpaired) electrons. The molecule has 0 bridgehead atoms. The molecule has 0 aliphatic rings. The van der Waals surface area contributed by atoms with E-state index in [-0.39, 0.29) is 17.4 Å². The molecule has 2 aromatic rings. The van der Waals surface area contributed by atoms with Crippen LogP contribution in [0.15, 0.2) is 36.4 Å². The fourth-order valence-corrected chi connectivity index (χ4v) is 1.48. The first-order chi connectivity index (χ1) is 8.56. The third-order valence-electron chi connectivity index (χ3n) is 2.07. The number of aromatic nitrogens is 1. The molecule has 0 saturated heterocycles. The molecule has 0 spiro atoms. The van der Waals surface area contributed by atoms with E-state index in [0.717, 1.165) is 0 Å². The summed E-state index contributed by atoms with van der Waals surface area (Å²) in [7, 11) is 0. The van der Waals surface area contributed by atoms with Crippen molar-refractivity contribution in [2.24, 2.45) is 0 Å². The van der Waals surface area contributed by atoms with E-state index >= 15 is 0 Å². The zero-order valence-corrected chi connectivity index (χ0v) is 9.79. The summed E-state index contributed by atoms with van der Waals surface area (Å²) < 4.78 is 5.32. The zero-order chi connectivity index (χ0) is 13.1. The standard InChI is InChI=1S/C11H8ClN3O3/c12-7-2-1-3-8(6-7)18-11-9(15(16)17)4-5-10(13)14-11/h1-6H,(H2,13,14). The van der Waals surface area contributed by atoms with Crippen LogP contribution < -0.4 is 10.5 Å². The van der Waals surface area contributed by atoms with Crippen molar-refractivity contribution in [1.29, 1.82) is 0 Å². The van der Waals surface area contributed by atoms with Gasteiger partial charge in [0, 0.05) is 11.1 Å². The van der Waals surface area contributed by atoms with Gasteiger partial charge in [-0.15, -0.1) is 0 Å². The number of rotatable bonds is 3. The van der Waals surface area contributed by atoms with Gasteiger partial charge < -0.3 is 10.5 Å². The Morgan fingerprint density at radius 2 is 2.11 bits per heavy atom. The average Bonchev–Trinajstić information content (AvgIpc) is 2.28. The number of hydrogen-bond acceptors (Lipinski definition) is 5. The SMILES string of the molecule is Nc1ccc([N+](=O)[O-])c(Oc2cccc(Cl)c2)n1. The van der Waals surface area contributed by atoms with Gasteiger partial charge in [-0.3, -0.25) is 10.1 Å². The number of benzene rings is 1. The normalized spacial score (nSPS) is 10.1. The second-order valence-corrected chi connectivity index (χ2v) is 3.81. The lowest BCUT2D eigenvalue weighted by atomic mass is 10.3. The molecule has 0 amide bonds. The third kappa shape index (κ3) is 2.67. The van der Waals surface area contributed by atoms with E-state index < -0.39 is 4.92 Å². The highest BCUT2D eigenvalue weighted by molar-refractivity contribution is 6.30. The van der Waals surface area contributed by atoms with Gasteiger partial charge in [0.05, 0.1) is 4.92 Å². The maximum atomic E-state index is 10.8. The Labute approximate surface area is 107 Å². The number of nitrogen functional groups attached to an aromatic ring is 1. The van der Waals surface area contributed by atoms with E-state index in [2.05, 4.69) is 4.98 Å². The highest BCUT2D eigenvalue weighted by Crippen LogP contribution is 2.30. The van der Waals surface area contributed by atoms with Crippen molar-refractivity contribution in [3.8, 4) is 11.6 Å². The molecular weight excluding hydrogens is 258 g/mol. The number of nitrogens with zero attached hydrogens (tertiary/aromatic N) is 2. The van der Waals surface area contributed by atoms with E-state index in [1.807, 2.05) is 0 Å². The monoisotopic (exact) mass is 265 g/mol. The van der Waals surface area contributed by atoms with Crippen molar-refractivity contribution in [3.05, 3.63) is 51.5 Å². The van der Waals surface area contributed by atoms with E-state index in [1.54, 1.807) is 18.2 Å². The minimum Gasteiger partial charge on any atom is -0.434 e. The third-order valence-corrected chi connectivity index (χ3v) is 2.30. The molecule has 1 aromatic heterocycles. The highest BCUT2D eigenvalue weighted by atomic mass is 35.5. The molecule has 0 aliphatic carbocycles. The molecule has 2 N–H and O–H groups in total. The Bertz CT molecular complexity index is 604. The molecule has 7 heteroatoms. The lowest BCUT2D eigenvalue weighted by Gasteiger charge is -2.05. The Hall–Kier alpha value is -2.34. The minimum atomic E-state index is -0.591. The van der Waals surface area contributed by atoms with Crippen molar-refractivity contribution in [3.63, 3.8) is 0 Å². The molecule has 0 fully saturated rings. The first kappa shape index (κ1) is 12.1. The average molecular weight is 266 g/mol. The summed E-state index contributed by atoms with van der Waals surface area (Å²) in [6.07, 6.45) is 0. The van der Waals surface area contributed by atoms with Gasteiger partial charge in [-0.1, -0.05) is 17.7 Å². The Morgan fingerprint density at radius 3 is 2.78 bits per heavy atom. The molecule has 0 aliphatic heterocycles. The molecule has 2 rings (SSSR count). The molecule has 0 saturated carbocycles. The van der Waals surface area contributed by atoms with Crippen molar-refractivity contribution < 1.29 is 9.66 Å². The van der Waals surface area contributed by atoms with Crippen LogP contribution in [0.4, 0.5) is 11.5 Å². The number of pyridine rings is 1. The van der Waals surface area contributed by atoms with Crippen LogP contribution in [-0.4, -0.2) is 9.91 Å². The van der Waals surface area contributed by atoms with Crippen molar-refractivity contribution in [2.45, 2.75) is 0 Å². The lowest BCUT2D eigenvalue weighted by Crippen LogP contribution is -1.98. The van der Waals surface area contributed by atoms with E-state index in [1.165, 1.54) is 18.2 Å². The van der Waals surface area contributed by atoms with Crippen molar-refractivity contribution in [1.82, 2.24) is 4.98 Å². The van der Waals surface area contributed by atoms with Crippen LogP contribution in [0.2, 0.25) is 5.02 Å². The number of ether oxygens (including phenoxy) is 1. The van der Waals surface area contributed by atoms with Crippen LogP contribution in [0.5, 0.6) is 11.6 Å². The molecule has 92 valence electrons. The Kier molecular flexibility index (Phi) is 3.29. The van der Waals surface area contributed by atoms with Gasteiger partial charge in [-0.25, -0.2) is 0 Å². The van der Waals surface area contributed by atoms with E-state index in [9.17, 15) is 10.1 Å². The maximum absolute atomic E-state index is 10.8. The number of nitrogens with two attached hydrogens (primary N) is 1. The molecule has 6 nitrogen and oxygen atoms in total. The summed E-state index contributed by atoms with van der Waals surface area (Å²) in [6.45, 7) is 0. The second-order valence-electron chi connectivity index (χ2n) is 3.38. The molecule has 1 aromatic carbocycles.